The van der Waals surface area contributed by atoms with Crippen LogP contribution in [0.4, 0.5) is 15.8 Å². The summed E-state index contributed by atoms with van der Waals surface area (Å²) < 4.78 is 12.9. The van der Waals surface area contributed by atoms with E-state index in [1.807, 2.05) is 0 Å². The minimum absolute atomic E-state index is 0.0616. The number of hydrogen-bond donors (Lipinski definition) is 2. The highest BCUT2D eigenvalue weighted by molar-refractivity contribution is 6.30. The smallest absolute Gasteiger partial charge is 0.243 e. The molecule has 0 aliphatic heterocycles. The lowest BCUT2D eigenvalue weighted by atomic mass is 10.3. The van der Waals surface area contributed by atoms with Crippen molar-refractivity contribution in [2.75, 3.05) is 17.2 Å². The average molecular weight is 279 g/mol. The van der Waals surface area contributed by atoms with E-state index in [1.54, 1.807) is 36.4 Å². The second-order valence-corrected chi connectivity index (χ2v) is 4.36. The van der Waals surface area contributed by atoms with Crippen molar-refractivity contribution in [3.8, 4) is 0 Å². The summed E-state index contributed by atoms with van der Waals surface area (Å²) in [6, 6.07) is 12.8. The molecule has 2 aromatic rings. The highest BCUT2D eigenvalue weighted by Crippen LogP contribution is 2.13. The van der Waals surface area contributed by atoms with E-state index in [9.17, 15) is 9.18 Å². The third-order valence-electron chi connectivity index (χ3n) is 2.41. The van der Waals surface area contributed by atoms with Crippen LogP contribution >= 0.6 is 11.6 Å². The zero-order valence-electron chi connectivity index (χ0n) is 9.99. The molecule has 0 bridgehead atoms. The van der Waals surface area contributed by atoms with Crippen molar-refractivity contribution in [2.45, 2.75) is 0 Å². The fourth-order valence-corrected chi connectivity index (χ4v) is 1.65. The largest absolute Gasteiger partial charge is 0.376 e. The van der Waals surface area contributed by atoms with E-state index < -0.39 is 0 Å². The first-order chi connectivity index (χ1) is 9.13. The first kappa shape index (κ1) is 13.4. The van der Waals surface area contributed by atoms with E-state index in [-0.39, 0.29) is 18.3 Å². The predicted octanol–water partition coefficient (Wildman–Crippen LogP) is 3.53. The highest BCUT2D eigenvalue weighted by Gasteiger charge is 2.02. The van der Waals surface area contributed by atoms with Crippen LogP contribution in [0, 0.1) is 5.82 Å². The second-order valence-electron chi connectivity index (χ2n) is 3.92. The molecule has 0 heterocycles. The molecule has 0 aliphatic carbocycles. The second kappa shape index (κ2) is 6.20. The first-order valence-corrected chi connectivity index (χ1v) is 6.06. The van der Waals surface area contributed by atoms with E-state index >= 15 is 0 Å². The highest BCUT2D eigenvalue weighted by atomic mass is 35.5. The van der Waals surface area contributed by atoms with Crippen molar-refractivity contribution in [2.24, 2.45) is 0 Å². The van der Waals surface area contributed by atoms with Crippen LogP contribution in [0.25, 0.3) is 0 Å². The molecule has 19 heavy (non-hydrogen) atoms. The van der Waals surface area contributed by atoms with Gasteiger partial charge in [-0.15, -0.1) is 0 Å². The fourth-order valence-electron chi connectivity index (χ4n) is 1.52. The lowest BCUT2D eigenvalue weighted by molar-refractivity contribution is -0.114. The summed E-state index contributed by atoms with van der Waals surface area (Å²) in [7, 11) is 0. The fraction of sp³-hybridized carbons (Fsp3) is 0.0714. The van der Waals surface area contributed by atoms with Crippen LogP contribution in [-0.4, -0.2) is 12.5 Å². The number of amides is 1. The summed E-state index contributed by atoms with van der Waals surface area (Å²) in [6.07, 6.45) is 0. The molecule has 5 heteroatoms. The van der Waals surface area contributed by atoms with Crippen molar-refractivity contribution >= 4 is 28.9 Å². The lowest BCUT2D eigenvalue weighted by Gasteiger charge is -2.07. The minimum atomic E-state index is -0.344. The number of carbonyl (C=O) groups excluding carboxylic acids is 1. The van der Waals surface area contributed by atoms with Crippen LogP contribution in [0.15, 0.2) is 48.5 Å². The maximum atomic E-state index is 12.9. The molecule has 0 aliphatic rings. The number of rotatable bonds is 4. The van der Waals surface area contributed by atoms with Gasteiger partial charge in [-0.1, -0.05) is 17.7 Å². The van der Waals surface area contributed by atoms with Gasteiger partial charge in [0.15, 0.2) is 0 Å². The van der Waals surface area contributed by atoms with Gasteiger partial charge < -0.3 is 10.6 Å². The molecule has 2 rings (SSSR count). The van der Waals surface area contributed by atoms with Crippen molar-refractivity contribution < 1.29 is 9.18 Å². The van der Waals surface area contributed by atoms with Crippen LogP contribution in [0.1, 0.15) is 0 Å². The Labute approximate surface area is 115 Å². The Bertz CT molecular complexity index is 572. The number of benzene rings is 2. The number of carbonyl (C=O) groups is 1. The third kappa shape index (κ3) is 4.26. The standard InChI is InChI=1S/C14H12ClFN2O/c15-10-4-6-12(7-5-10)18-14(19)9-17-13-3-1-2-11(16)8-13/h1-8,17H,9H2,(H,18,19). The van der Waals surface area contributed by atoms with Crippen LogP contribution in [0.5, 0.6) is 0 Å². The molecule has 0 radical (unpaired) electrons. The van der Waals surface area contributed by atoms with Crippen LogP contribution in [-0.2, 0) is 4.79 Å². The Morgan fingerprint density at radius 3 is 2.53 bits per heavy atom. The molecular weight excluding hydrogens is 267 g/mol. The summed E-state index contributed by atoms with van der Waals surface area (Å²) in [6.45, 7) is 0.0616. The summed E-state index contributed by atoms with van der Waals surface area (Å²) in [5.41, 5.74) is 1.22. The summed E-state index contributed by atoms with van der Waals surface area (Å²) in [5.74, 6) is -0.560. The third-order valence-corrected chi connectivity index (χ3v) is 2.66. The van der Waals surface area contributed by atoms with E-state index in [4.69, 9.17) is 11.6 Å². The van der Waals surface area contributed by atoms with Gasteiger partial charge in [-0.2, -0.15) is 0 Å². The predicted molar refractivity (Wildman–Crippen MR) is 75.0 cm³/mol. The molecule has 0 unspecified atom stereocenters. The molecular formula is C14H12ClFN2O. The van der Waals surface area contributed by atoms with Gasteiger partial charge in [0.1, 0.15) is 5.82 Å². The van der Waals surface area contributed by atoms with Gasteiger partial charge in [-0.05, 0) is 42.5 Å². The Balaban J connectivity index is 1.86. The topological polar surface area (TPSA) is 41.1 Å². The van der Waals surface area contributed by atoms with Crippen LogP contribution < -0.4 is 10.6 Å². The molecule has 3 nitrogen and oxygen atoms in total. The number of halogens is 2. The van der Waals surface area contributed by atoms with Gasteiger partial charge in [-0.3, -0.25) is 4.79 Å². The molecule has 0 aromatic heterocycles. The quantitative estimate of drug-likeness (QED) is 0.898. The molecule has 2 aromatic carbocycles. The molecule has 0 spiro atoms. The molecule has 2 N–H and O–H groups in total. The number of anilines is 2. The molecule has 1 amide bonds. The van der Waals surface area contributed by atoms with Crippen molar-refractivity contribution in [1.29, 1.82) is 0 Å². The molecule has 0 fully saturated rings. The van der Waals surface area contributed by atoms with Gasteiger partial charge in [0.25, 0.3) is 0 Å². The van der Waals surface area contributed by atoms with Crippen LogP contribution in [0.3, 0.4) is 0 Å². The average Bonchev–Trinajstić information content (AvgIpc) is 2.39. The molecule has 0 atom stereocenters. The Morgan fingerprint density at radius 1 is 1.11 bits per heavy atom. The Hall–Kier alpha value is -2.07. The van der Waals surface area contributed by atoms with Crippen LogP contribution in [0.2, 0.25) is 5.02 Å². The van der Waals surface area contributed by atoms with Gasteiger partial charge in [0.2, 0.25) is 5.91 Å². The number of hydrogen-bond acceptors (Lipinski definition) is 2. The molecule has 0 saturated carbocycles. The monoisotopic (exact) mass is 278 g/mol. The van der Waals surface area contributed by atoms with E-state index in [2.05, 4.69) is 10.6 Å². The first-order valence-electron chi connectivity index (χ1n) is 5.68. The number of nitrogens with one attached hydrogen (secondary N) is 2. The Morgan fingerprint density at radius 2 is 1.84 bits per heavy atom. The zero-order valence-corrected chi connectivity index (χ0v) is 10.7. The van der Waals surface area contributed by atoms with E-state index in [0.717, 1.165) is 0 Å². The van der Waals surface area contributed by atoms with Crippen molar-refractivity contribution in [3.05, 3.63) is 59.4 Å². The Kier molecular flexibility index (Phi) is 4.36. The van der Waals surface area contributed by atoms with Crippen molar-refractivity contribution in [3.63, 3.8) is 0 Å². The zero-order chi connectivity index (χ0) is 13.7. The minimum Gasteiger partial charge on any atom is -0.376 e. The maximum Gasteiger partial charge on any atom is 0.243 e. The van der Waals surface area contributed by atoms with E-state index in [0.29, 0.717) is 16.4 Å². The van der Waals surface area contributed by atoms with Gasteiger partial charge in [-0.25, -0.2) is 4.39 Å². The van der Waals surface area contributed by atoms with Gasteiger partial charge in [0, 0.05) is 16.4 Å². The van der Waals surface area contributed by atoms with Crippen molar-refractivity contribution in [1.82, 2.24) is 0 Å². The maximum absolute atomic E-state index is 12.9. The molecule has 0 saturated heterocycles. The lowest BCUT2D eigenvalue weighted by Crippen LogP contribution is -2.21. The normalized spacial score (nSPS) is 10.0. The van der Waals surface area contributed by atoms with E-state index in [1.165, 1.54) is 12.1 Å². The summed E-state index contributed by atoms with van der Waals surface area (Å²) in [5, 5.41) is 6.15. The summed E-state index contributed by atoms with van der Waals surface area (Å²) in [4.78, 5) is 11.7. The van der Waals surface area contributed by atoms with Gasteiger partial charge in [0.05, 0.1) is 6.54 Å². The van der Waals surface area contributed by atoms with Gasteiger partial charge >= 0.3 is 0 Å². The molecule has 98 valence electrons. The summed E-state index contributed by atoms with van der Waals surface area (Å²) >= 11 is 5.74. The SMILES string of the molecule is O=C(CNc1cccc(F)c1)Nc1ccc(Cl)cc1.